The molecule has 1 amide bonds. The molecule has 2 aromatic carbocycles. The fraction of sp³-hybridized carbons (Fsp3) is 0.318. The molecule has 0 aliphatic rings. The Morgan fingerprint density at radius 1 is 1.00 bits per heavy atom. The van der Waals surface area contributed by atoms with Gasteiger partial charge in [-0.25, -0.2) is 0 Å². The van der Waals surface area contributed by atoms with Crippen molar-refractivity contribution in [1.29, 1.82) is 0 Å². The summed E-state index contributed by atoms with van der Waals surface area (Å²) < 4.78 is 5.14. The first-order valence-electron chi connectivity index (χ1n) is 9.58. The van der Waals surface area contributed by atoms with Crippen LogP contribution in [0.1, 0.15) is 41.2 Å². The van der Waals surface area contributed by atoms with Gasteiger partial charge >= 0.3 is 0 Å². The van der Waals surface area contributed by atoms with Gasteiger partial charge < -0.3 is 9.84 Å². The fourth-order valence-electron chi connectivity index (χ4n) is 2.93. The lowest BCUT2D eigenvalue weighted by Gasteiger charge is -2.18. The summed E-state index contributed by atoms with van der Waals surface area (Å²) >= 11 is 0. The van der Waals surface area contributed by atoms with Crippen molar-refractivity contribution in [3.8, 4) is 11.5 Å². The molecule has 0 aliphatic heterocycles. The molecule has 0 bridgehead atoms. The highest BCUT2D eigenvalue weighted by Gasteiger charge is 2.09. The average Bonchev–Trinajstić information content (AvgIpc) is 3.17. The summed E-state index contributed by atoms with van der Waals surface area (Å²) in [4.78, 5) is 18.9. The van der Waals surface area contributed by atoms with E-state index in [1.54, 1.807) is 19.1 Å². The first-order chi connectivity index (χ1) is 13.6. The molecule has 0 spiro atoms. The van der Waals surface area contributed by atoms with Crippen LogP contribution in [0, 0.1) is 6.92 Å². The van der Waals surface area contributed by atoms with E-state index in [4.69, 9.17) is 4.52 Å². The molecule has 0 aliphatic carbocycles. The van der Waals surface area contributed by atoms with Crippen molar-refractivity contribution in [3.05, 3.63) is 71.0 Å². The molecule has 0 atom stereocenters. The summed E-state index contributed by atoms with van der Waals surface area (Å²) in [5, 5.41) is 6.74. The minimum absolute atomic E-state index is 0.111. The lowest BCUT2D eigenvalue weighted by molar-refractivity contribution is 0.0951. The molecule has 6 nitrogen and oxygen atoms in total. The maximum absolute atomic E-state index is 12.4. The Labute approximate surface area is 165 Å². The van der Waals surface area contributed by atoms with E-state index in [1.165, 1.54) is 5.56 Å². The van der Waals surface area contributed by atoms with Crippen molar-refractivity contribution in [1.82, 2.24) is 20.4 Å². The monoisotopic (exact) mass is 378 g/mol. The SMILES string of the molecule is CCN(CC)Cc1ccc(CNC(=O)c2ccc(-c3nc(C)no3)cc2)cc1. The van der Waals surface area contributed by atoms with E-state index >= 15 is 0 Å². The molecule has 1 aromatic heterocycles. The second kappa shape index (κ2) is 9.28. The van der Waals surface area contributed by atoms with E-state index in [1.807, 2.05) is 12.1 Å². The van der Waals surface area contributed by atoms with Gasteiger partial charge in [-0.05, 0) is 55.4 Å². The second-order valence-corrected chi connectivity index (χ2v) is 6.68. The van der Waals surface area contributed by atoms with Gasteiger partial charge in [0.2, 0.25) is 0 Å². The van der Waals surface area contributed by atoms with Crippen molar-refractivity contribution >= 4 is 5.91 Å². The minimum atomic E-state index is -0.111. The number of carbonyl (C=O) groups excluding carboxylic acids is 1. The summed E-state index contributed by atoms with van der Waals surface area (Å²) in [6.07, 6.45) is 0. The van der Waals surface area contributed by atoms with Crippen molar-refractivity contribution in [2.45, 2.75) is 33.9 Å². The zero-order chi connectivity index (χ0) is 19.9. The van der Waals surface area contributed by atoms with Crippen LogP contribution in [0.4, 0.5) is 0 Å². The highest BCUT2D eigenvalue weighted by Crippen LogP contribution is 2.17. The van der Waals surface area contributed by atoms with Crippen molar-refractivity contribution in [2.75, 3.05) is 13.1 Å². The number of hydrogen-bond acceptors (Lipinski definition) is 5. The van der Waals surface area contributed by atoms with Crippen molar-refractivity contribution in [3.63, 3.8) is 0 Å². The van der Waals surface area contributed by atoms with Gasteiger partial charge in [-0.15, -0.1) is 0 Å². The number of nitrogens with zero attached hydrogens (tertiary/aromatic N) is 3. The minimum Gasteiger partial charge on any atom is -0.348 e. The molecular weight excluding hydrogens is 352 g/mol. The van der Waals surface area contributed by atoms with Gasteiger partial charge in [0.05, 0.1) is 0 Å². The Kier molecular flexibility index (Phi) is 6.55. The van der Waals surface area contributed by atoms with E-state index in [2.05, 4.69) is 58.5 Å². The number of benzene rings is 2. The number of carbonyl (C=O) groups is 1. The molecule has 1 heterocycles. The molecule has 1 N–H and O–H groups in total. The van der Waals surface area contributed by atoms with Crippen LogP contribution in [0.3, 0.4) is 0 Å². The Hall–Kier alpha value is -2.99. The standard InChI is InChI=1S/C22H26N4O2/c1-4-26(5-2)15-18-8-6-17(7-9-18)14-23-21(27)19-10-12-20(13-11-19)22-24-16(3)25-28-22/h6-13H,4-5,14-15H2,1-3H3,(H,23,27). The van der Waals surface area contributed by atoms with Crippen LogP contribution in [0.15, 0.2) is 53.1 Å². The van der Waals surface area contributed by atoms with Gasteiger partial charge in [-0.2, -0.15) is 4.98 Å². The molecule has 0 fully saturated rings. The third kappa shape index (κ3) is 5.04. The van der Waals surface area contributed by atoms with E-state index in [9.17, 15) is 4.79 Å². The second-order valence-electron chi connectivity index (χ2n) is 6.68. The number of rotatable bonds is 8. The Bertz CT molecular complexity index is 897. The number of hydrogen-bond donors (Lipinski definition) is 1. The van der Waals surface area contributed by atoms with Crippen LogP contribution < -0.4 is 5.32 Å². The van der Waals surface area contributed by atoms with Crippen LogP contribution in [-0.2, 0) is 13.1 Å². The van der Waals surface area contributed by atoms with Crippen LogP contribution in [-0.4, -0.2) is 34.0 Å². The molecule has 3 aromatic rings. The molecule has 0 saturated carbocycles. The normalized spacial score (nSPS) is 11.0. The van der Waals surface area contributed by atoms with Crippen LogP contribution in [0.2, 0.25) is 0 Å². The van der Waals surface area contributed by atoms with Gasteiger partial charge in [-0.3, -0.25) is 9.69 Å². The van der Waals surface area contributed by atoms with Gasteiger partial charge in [0.25, 0.3) is 11.8 Å². The number of amides is 1. The van der Waals surface area contributed by atoms with Gasteiger partial charge in [0.1, 0.15) is 0 Å². The highest BCUT2D eigenvalue weighted by molar-refractivity contribution is 5.94. The smallest absolute Gasteiger partial charge is 0.257 e. The lowest BCUT2D eigenvalue weighted by Crippen LogP contribution is -2.23. The quantitative estimate of drug-likeness (QED) is 0.645. The summed E-state index contributed by atoms with van der Waals surface area (Å²) in [6, 6.07) is 15.5. The highest BCUT2D eigenvalue weighted by atomic mass is 16.5. The average molecular weight is 378 g/mol. The summed E-state index contributed by atoms with van der Waals surface area (Å²) in [5.41, 5.74) is 3.75. The topological polar surface area (TPSA) is 71.3 Å². The first kappa shape index (κ1) is 19.8. The Morgan fingerprint density at radius 3 is 2.21 bits per heavy atom. The van der Waals surface area contributed by atoms with E-state index in [-0.39, 0.29) is 5.91 Å². The molecule has 146 valence electrons. The summed E-state index contributed by atoms with van der Waals surface area (Å²) in [7, 11) is 0. The maximum Gasteiger partial charge on any atom is 0.257 e. The van der Waals surface area contributed by atoms with Crippen LogP contribution in [0.5, 0.6) is 0 Å². The van der Waals surface area contributed by atoms with Crippen molar-refractivity contribution in [2.24, 2.45) is 0 Å². The molecular formula is C22H26N4O2. The summed E-state index contributed by atoms with van der Waals surface area (Å²) in [5.74, 6) is 0.926. The van der Waals surface area contributed by atoms with Gasteiger partial charge in [0.15, 0.2) is 5.82 Å². The largest absolute Gasteiger partial charge is 0.348 e. The molecule has 0 saturated heterocycles. The maximum atomic E-state index is 12.4. The van der Waals surface area contributed by atoms with Crippen LogP contribution in [0.25, 0.3) is 11.5 Å². The van der Waals surface area contributed by atoms with E-state index < -0.39 is 0 Å². The van der Waals surface area contributed by atoms with E-state index in [0.29, 0.717) is 23.8 Å². The van der Waals surface area contributed by atoms with Gasteiger partial charge in [0, 0.05) is 24.2 Å². The molecule has 0 unspecified atom stereocenters. The van der Waals surface area contributed by atoms with Crippen LogP contribution >= 0.6 is 0 Å². The Morgan fingerprint density at radius 2 is 1.64 bits per heavy atom. The third-order valence-electron chi connectivity index (χ3n) is 4.70. The first-order valence-corrected chi connectivity index (χ1v) is 9.58. The zero-order valence-electron chi connectivity index (χ0n) is 16.6. The fourth-order valence-corrected chi connectivity index (χ4v) is 2.93. The summed E-state index contributed by atoms with van der Waals surface area (Å²) in [6.45, 7) is 9.63. The van der Waals surface area contributed by atoms with Gasteiger partial charge in [-0.1, -0.05) is 43.3 Å². The third-order valence-corrected chi connectivity index (χ3v) is 4.70. The molecule has 3 rings (SSSR count). The molecule has 28 heavy (non-hydrogen) atoms. The number of nitrogens with one attached hydrogen (secondary N) is 1. The lowest BCUT2D eigenvalue weighted by atomic mass is 10.1. The zero-order valence-corrected chi connectivity index (χ0v) is 16.6. The number of aryl methyl sites for hydroxylation is 1. The Balaban J connectivity index is 1.55. The van der Waals surface area contributed by atoms with E-state index in [0.717, 1.165) is 30.8 Å². The molecule has 0 radical (unpaired) electrons. The predicted octanol–water partition coefficient (Wildman–Crippen LogP) is 3.82. The van der Waals surface area contributed by atoms with Crippen molar-refractivity contribution < 1.29 is 9.32 Å². The molecule has 6 heteroatoms. The number of aromatic nitrogens is 2. The predicted molar refractivity (Wildman–Crippen MR) is 109 cm³/mol.